The Bertz CT molecular complexity index is 507. The fourth-order valence-corrected chi connectivity index (χ4v) is 2.24. The summed E-state index contributed by atoms with van der Waals surface area (Å²) in [5.41, 5.74) is 1.07. The molecule has 1 N–H and O–H groups in total. The molecule has 1 saturated heterocycles. The Morgan fingerprint density at radius 2 is 2.21 bits per heavy atom. The van der Waals surface area contributed by atoms with Crippen LogP contribution in [0.25, 0.3) is 0 Å². The van der Waals surface area contributed by atoms with Gasteiger partial charge in [-0.05, 0) is 13.8 Å². The van der Waals surface area contributed by atoms with Gasteiger partial charge in [-0.1, -0.05) is 19.0 Å². The van der Waals surface area contributed by atoms with Crippen LogP contribution in [0.1, 0.15) is 48.5 Å². The molecule has 6 heteroatoms. The molecule has 6 nitrogen and oxygen atoms in total. The first kappa shape index (κ1) is 13.6. The minimum absolute atomic E-state index is 0.0778. The highest BCUT2D eigenvalue weighted by Crippen LogP contribution is 2.24. The smallest absolute Gasteiger partial charge is 0.260 e. The lowest BCUT2D eigenvalue weighted by Crippen LogP contribution is -2.56. The van der Waals surface area contributed by atoms with Gasteiger partial charge >= 0.3 is 0 Å². The third kappa shape index (κ3) is 2.34. The molecule has 0 spiro atoms. The second kappa shape index (κ2) is 5.03. The van der Waals surface area contributed by atoms with Crippen LogP contribution in [0.5, 0.6) is 0 Å². The van der Waals surface area contributed by atoms with E-state index in [2.05, 4.69) is 10.5 Å². The van der Waals surface area contributed by atoms with Gasteiger partial charge in [0.15, 0.2) is 5.76 Å². The first-order valence-corrected chi connectivity index (χ1v) is 6.48. The van der Waals surface area contributed by atoms with Crippen LogP contribution in [0.2, 0.25) is 0 Å². The Labute approximate surface area is 112 Å². The quantitative estimate of drug-likeness (QED) is 0.867. The molecule has 0 radical (unpaired) electrons. The van der Waals surface area contributed by atoms with Crippen molar-refractivity contribution in [1.29, 1.82) is 0 Å². The molecule has 2 heterocycles. The van der Waals surface area contributed by atoms with Crippen molar-refractivity contribution in [3.05, 3.63) is 17.0 Å². The second-order valence-corrected chi connectivity index (χ2v) is 5.13. The monoisotopic (exact) mass is 265 g/mol. The van der Waals surface area contributed by atoms with Gasteiger partial charge in [-0.2, -0.15) is 0 Å². The largest absolute Gasteiger partial charge is 0.360 e. The maximum absolute atomic E-state index is 12.6. The van der Waals surface area contributed by atoms with Crippen LogP contribution in [0.3, 0.4) is 0 Å². The van der Waals surface area contributed by atoms with E-state index in [0.29, 0.717) is 30.1 Å². The molecular weight excluding hydrogens is 246 g/mol. The number of nitrogens with zero attached hydrogens (tertiary/aromatic N) is 2. The summed E-state index contributed by atoms with van der Waals surface area (Å²) in [6, 6.07) is -0.462. The summed E-state index contributed by atoms with van der Waals surface area (Å²) in [4.78, 5) is 25.8. The lowest BCUT2D eigenvalue weighted by molar-refractivity contribution is -0.127. The van der Waals surface area contributed by atoms with Crippen molar-refractivity contribution < 1.29 is 14.1 Å². The summed E-state index contributed by atoms with van der Waals surface area (Å²) in [5.74, 6) is 0.361. The van der Waals surface area contributed by atoms with E-state index >= 15 is 0 Å². The average Bonchev–Trinajstić information content (AvgIpc) is 2.74. The molecule has 2 amide bonds. The number of nitrogens with one attached hydrogen (secondary N) is 1. The van der Waals surface area contributed by atoms with Crippen LogP contribution in [0.4, 0.5) is 0 Å². The van der Waals surface area contributed by atoms with Crippen molar-refractivity contribution in [2.75, 3.05) is 13.1 Å². The molecule has 1 fully saturated rings. The third-order valence-corrected chi connectivity index (χ3v) is 3.39. The summed E-state index contributed by atoms with van der Waals surface area (Å²) in [6.07, 6.45) is 0. The summed E-state index contributed by atoms with van der Waals surface area (Å²) in [6.45, 7) is 8.36. The number of aromatic nitrogens is 1. The van der Waals surface area contributed by atoms with E-state index in [1.165, 1.54) is 0 Å². The molecule has 1 unspecified atom stereocenters. The Hall–Kier alpha value is -1.85. The summed E-state index contributed by atoms with van der Waals surface area (Å²) in [7, 11) is 0. The molecular formula is C13H19N3O3. The summed E-state index contributed by atoms with van der Waals surface area (Å²) >= 11 is 0. The van der Waals surface area contributed by atoms with E-state index in [0.717, 1.165) is 0 Å². The average molecular weight is 265 g/mol. The molecule has 104 valence electrons. The standard InChI is InChI=1S/C13H19N3O3/c1-7(2)11-10(8(3)15-19-11)13(18)16-6-5-14-12(17)9(16)4/h7,9H,5-6H2,1-4H3,(H,14,17). The third-order valence-electron chi connectivity index (χ3n) is 3.39. The van der Waals surface area contributed by atoms with Crippen LogP contribution in [-0.2, 0) is 4.79 Å². The fraction of sp³-hybridized carbons (Fsp3) is 0.615. The van der Waals surface area contributed by atoms with E-state index < -0.39 is 6.04 Å². The molecule has 0 bridgehead atoms. The predicted molar refractivity (Wildman–Crippen MR) is 68.8 cm³/mol. The number of amides is 2. The van der Waals surface area contributed by atoms with Gasteiger partial charge in [0.05, 0.1) is 5.69 Å². The SMILES string of the molecule is Cc1noc(C(C)C)c1C(=O)N1CCNC(=O)C1C. The molecule has 2 rings (SSSR count). The van der Waals surface area contributed by atoms with Crippen molar-refractivity contribution in [2.24, 2.45) is 0 Å². The number of hydrogen-bond donors (Lipinski definition) is 1. The zero-order valence-electron chi connectivity index (χ0n) is 11.7. The Morgan fingerprint density at radius 3 is 2.84 bits per heavy atom. The van der Waals surface area contributed by atoms with Gasteiger partial charge in [0.1, 0.15) is 11.6 Å². The van der Waals surface area contributed by atoms with Crippen LogP contribution in [-0.4, -0.2) is 41.0 Å². The Balaban J connectivity index is 2.34. The molecule has 0 aliphatic carbocycles. The van der Waals surface area contributed by atoms with Crippen LogP contribution < -0.4 is 5.32 Å². The molecule has 0 saturated carbocycles. The zero-order valence-corrected chi connectivity index (χ0v) is 11.7. The summed E-state index contributed by atoms with van der Waals surface area (Å²) in [5, 5.41) is 6.62. The molecule has 1 aromatic heterocycles. The van der Waals surface area contributed by atoms with Gasteiger partial charge in [-0.15, -0.1) is 0 Å². The van der Waals surface area contributed by atoms with E-state index in [9.17, 15) is 9.59 Å². The van der Waals surface area contributed by atoms with Gasteiger partial charge in [-0.25, -0.2) is 0 Å². The number of carbonyl (C=O) groups is 2. The van der Waals surface area contributed by atoms with Crippen LogP contribution in [0.15, 0.2) is 4.52 Å². The maximum Gasteiger partial charge on any atom is 0.260 e. The first-order valence-electron chi connectivity index (χ1n) is 6.48. The molecule has 1 aromatic rings. The molecule has 1 atom stereocenters. The number of rotatable bonds is 2. The first-order chi connectivity index (χ1) is 8.93. The van der Waals surface area contributed by atoms with Crippen molar-refractivity contribution in [3.8, 4) is 0 Å². The zero-order chi connectivity index (χ0) is 14.2. The Kier molecular flexibility index (Phi) is 3.59. The van der Waals surface area contributed by atoms with Crippen LogP contribution in [0, 0.1) is 6.92 Å². The molecule has 1 aliphatic rings. The number of aryl methyl sites for hydroxylation is 1. The lowest BCUT2D eigenvalue weighted by Gasteiger charge is -2.32. The van der Waals surface area contributed by atoms with Crippen molar-refractivity contribution in [3.63, 3.8) is 0 Å². The van der Waals surface area contributed by atoms with Crippen LogP contribution >= 0.6 is 0 Å². The van der Waals surface area contributed by atoms with Gasteiger partial charge in [0, 0.05) is 19.0 Å². The van der Waals surface area contributed by atoms with Crippen molar-refractivity contribution in [2.45, 2.75) is 39.7 Å². The fourth-order valence-electron chi connectivity index (χ4n) is 2.24. The van der Waals surface area contributed by atoms with Gasteiger partial charge in [0.25, 0.3) is 5.91 Å². The minimum atomic E-state index is -0.462. The highest BCUT2D eigenvalue weighted by molar-refractivity contribution is 5.99. The van der Waals surface area contributed by atoms with E-state index in [4.69, 9.17) is 4.52 Å². The van der Waals surface area contributed by atoms with Gasteiger partial charge in [0.2, 0.25) is 5.91 Å². The van der Waals surface area contributed by atoms with E-state index in [-0.39, 0.29) is 17.7 Å². The molecule has 19 heavy (non-hydrogen) atoms. The highest BCUT2D eigenvalue weighted by Gasteiger charge is 2.33. The van der Waals surface area contributed by atoms with E-state index in [1.807, 2.05) is 13.8 Å². The number of carbonyl (C=O) groups excluding carboxylic acids is 2. The molecule has 1 aliphatic heterocycles. The second-order valence-electron chi connectivity index (χ2n) is 5.13. The van der Waals surface area contributed by atoms with Crippen molar-refractivity contribution in [1.82, 2.24) is 15.4 Å². The minimum Gasteiger partial charge on any atom is -0.360 e. The van der Waals surface area contributed by atoms with Crippen molar-refractivity contribution >= 4 is 11.8 Å². The molecule has 0 aromatic carbocycles. The Morgan fingerprint density at radius 1 is 1.53 bits per heavy atom. The van der Waals surface area contributed by atoms with E-state index in [1.54, 1.807) is 18.7 Å². The number of piperazine rings is 1. The summed E-state index contributed by atoms with van der Waals surface area (Å²) < 4.78 is 5.23. The normalized spacial score (nSPS) is 19.7. The predicted octanol–water partition coefficient (Wildman–Crippen LogP) is 1.07. The topological polar surface area (TPSA) is 75.4 Å². The lowest BCUT2D eigenvalue weighted by atomic mass is 10.0. The number of hydrogen-bond acceptors (Lipinski definition) is 4. The highest BCUT2D eigenvalue weighted by atomic mass is 16.5. The van der Waals surface area contributed by atoms with Gasteiger partial charge < -0.3 is 14.7 Å². The maximum atomic E-state index is 12.6. The van der Waals surface area contributed by atoms with Gasteiger partial charge in [-0.3, -0.25) is 9.59 Å².